The van der Waals surface area contributed by atoms with Gasteiger partial charge in [-0.2, -0.15) is 0 Å². The molecule has 0 aromatic heterocycles. The minimum absolute atomic E-state index is 0. The zero-order valence-corrected chi connectivity index (χ0v) is 14.4. The van der Waals surface area contributed by atoms with Gasteiger partial charge in [0.05, 0.1) is 0 Å². The van der Waals surface area contributed by atoms with Crippen molar-refractivity contribution in [3.05, 3.63) is 60.2 Å². The van der Waals surface area contributed by atoms with E-state index in [0.29, 0.717) is 0 Å². The van der Waals surface area contributed by atoms with Crippen LogP contribution in [0.3, 0.4) is 0 Å². The summed E-state index contributed by atoms with van der Waals surface area (Å²) in [6.45, 7) is 1.41. The molecule has 0 saturated carbocycles. The third-order valence-electron chi connectivity index (χ3n) is 2.78. The number of rotatable bonds is 2. The van der Waals surface area contributed by atoms with Gasteiger partial charge in [-0.05, 0) is 22.5 Å². The van der Waals surface area contributed by atoms with Crippen molar-refractivity contribution in [1.29, 1.82) is 0 Å². The van der Waals surface area contributed by atoms with E-state index in [1.807, 2.05) is 0 Å². The van der Waals surface area contributed by atoms with Gasteiger partial charge in [0.2, 0.25) is 0 Å². The van der Waals surface area contributed by atoms with Gasteiger partial charge in [0.1, 0.15) is 11.6 Å². The van der Waals surface area contributed by atoms with Crippen LogP contribution in [-0.2, 0) is 0 Å². The van der Waals surface area contributed by atoms with Crippen molar-refractivity contribution in [2.75, 3.05) is 0 Å². The molecular formula is C13H11BrF2MgOSi. The fourth-order valence-electron chi connectivity index (χ4n) is 1.84. The van der Waals surface area contributed by atoms with Gasteiger partial charge < -0.3 is 21.8 Å². The van der Waals surface area contributed by atoms with E-state index in [4.69, 9.17) is 0 Å². The Balaban J connectivity index is 0.00000162. The van der Waals surface area contributed by atoms with E-state index in [1.165, 1.54) is 42.9 Å². The summed E-state index contributed by atoms with van der Waals surface area (Å²) in [5.41, 5.74) is 0. The Morgan fingerprint density at radius 3 is 1.47 bits per heavy atom. The minimum atomic E-state index is -3.54. The predicted octanol–water partition coefficient (Wildman–Crippen LogP) is -2.36. The van der Waals surface area contributed by atoms with Crippen molar-refractivity contribution in [1.82, 2.24) is 0 Å². The van der Waals surface area contributed by atoms with Gasteiger partial charge in [0, 0.05) is 8.32 Å². The van der Waals surface area contributed by atoms with E-state index in [0.717, 1.165) is 0 Å². The van der Waals surface area contributed by atoms with Crippen molar-refractivity contribution < 1.29 is 30.6 Å². The summed E-state index contributed by atoms with van der Waals surface area (Å²) in [6, 6.07) is 11.6. The molecule has 6 heteroatoms. The third-order valence-corrected chi connectivity index (χ3v) is 5.64. The van der Waals surface area contributed by atoms with Crippen molar-refractivity contribution in [3.8, 4) is 0 Å². The van der Waals surface area contributed by atoms with Crippen LogP contribution in [-0.4, -0.2) is 31.4 Å². The third kappa shape index (κ3) is 3.85. The molecule has 0 aliphatic rings. The second-order valence-corrected chi connectivity index (χ2v) is 7.14. The molecule has 0 heterocycles. The summed E-state index contributed by atoms with van der Waals surface area (Å²) in [5, 5.41) is 0.176. The van der Waals surface area contributed by atoms with Gasteiger partial charge >= 0.3 is 23.1 Å². The number of halogens is 3. The summed E-state index contributed by atoms with van der Waals surface area (Å²) in [5.74, 6) is -1.11. The normalized spacial score (nSPS) is 10.3. The molecule has 0 saturated heterocycles. The second-order valence-electron chi connectivity index (χ2n) is 3.99. The van der Waals surface area contributed by atoms with Crippen molar-refractivity contribution in [2.45, 2.75) is 6.55 Å². The Labute approximate surface area is 138 Å². The van der Waals surface area contributed by atoms with Crippen LogP contribution in [0, 0.1) is 11.6 Å². The SMILES string of the molecule is C[Si]([O-])(c1ccccc1F)c1ccccc1F.[Br-].[Mg+2]. The Morgan fingerprint density at radius 2 is 1.16 bits per heavy atom. The van der Waals surface area contributed by atoms with E-state index in [9.17, 15) is 13.6 Å². The van der Waals surface area contributed by atoms with Gasteiger partial charge in [-0.25, -0.2) is 8.78 Å². The average molecular weight is 354 g/mol. The first kappa shape index (κ1) is 18.7. The van der Waals surface area contributed by atoms with Gasteiger partial charge in [-0.1, -0.05) is 42.9 Å². The summed E-state index contributed by atoms with van der Waals surface area (Å²) < 4.78 is 27.2. The zero-order chi connectivity index (χ0) is 12.5. The van der Waals surface area contributed by atoms with Gasteiger partial charge in [0.15, 0.2) is 0 Å². The molecule has 0 spiro atoms. The molecule has 0 N–H and O–H groups in total. The molecule has 0 aliphatic heterocycles. The summed E-state index contributed by atoms with van der Waals surface area (Å²) in [6.07, 6.45) is 0. The maximum Gasteiger partial charge on any atom is 2.00 e. The molecule has 96 valence electrons. The monoisotopic (exact) mass is 352 g/mol. The number of benzene rings is 2. The van der Waals surface area contributed by atoms with Crippen LogP contribution in [0.15, 0.2) is 48.5 Å². The van der Waals surface area contributed by atoms with Crippen LogP contribution < -0.4 is 32.2 Å². The molecule has 0 bridgehead atoms. The molecule has 0 unspecified atom stereocenters. The largest absolute Gasteiger partial charge is 2.00 e. The van der Waals surface area contributed by atoms with Gasteiger partial charge in [-0.15, -0.1) is 0 Å². The van der Waals surface area contributed by atoms with Crippen molar-refractivity contribution in [2.24, 2.45) is 0 Å². The van der Waals surface area contributed by atoms with Crippen LogP contribution in [0.4, 0.5) is 8.78 Å². The summed E-state index contributed by atoms with van der Waals surface area (Å²) >= 11 is 0. The van der Waals surface area contributed by atoms with Gasteiger partial charge in [-0.3, -0.25) is 0 Å². The van der Waals surface area contributed by atoms with Crippen LogP contribution in [0.25, 0.3) is 0 Å². The van der Waals surface area contributed by atoms with Crippen LogP contribution in [0.5, 0.6) is 0 Å². The first-order valence-electron chi connectivity index (χ1n) is 5.24. The molecule has 1 nitrogen and oxygen atoms in total. The molecule has 0 atom stereocenters. The first-order valence-corrected chi connectivity index (χ1v) is 7.65. The quantitative estimate of drug-likeness (QED) is 0.554. The predicted molar refractivity (Wildman–Crippen MR) is 69.4 cm³/mol. The second kappa shape index (κ2) is 7.49. The molecule has 2 rings (SSSR count). The smallest absolute Gasteiger partial charge is 1.00 e. The van der Waals surface area contributed by atoms with E-state index in [1.54, 1.807) is 12.1 Å². The van der Waals surface area contributed by atoms with E-state index in [2.05, 4.69) is 0 Å². The van der Waals surface area contributed by atoms with Crippen molar-refractivity contribution in [3.63, 3.8) is 0 Å². The van der Waals surface area contributed by atoms with E-state index >= 15 is 0 Å². The minimum Gasteiger partial charge on any atom is -1.00 e. The molecule has 2 aromatic carbocycles. The molecule has 2 aromatic rings. The Hall–Kier alpha value is -0.277. The van der Waals surface area contributed by atoms with Gasteiger partial charge in [0.25, 0.3) is 0 Å². The summed E-state index contributed by atoms with van der Waals surface area (Å²) in [4.78, 5) is 12.6. The summed E-state index contributed by atoms with van der Waals surface area (Å²) in [7, 11) is -3.54. The van der Waals surface area contributed by atoms with Crippen LogP contribution in [0.1, 0.15) is 0 Å². The van der Waals surface area contributed by atoms with Crippen LogP contribution in [0.2, 0.25) is 6.55 Å². The average Bonchev–Trinajstić information content (AvgIpc) is 2.29. The molecule has 0 radical (unpaired) electrons. The molecule has 0 fully saturated rings. The molecule has 0 amide bonds. The Bertz CT molecular complexity index is 504. The fraction of sp³-hybridized carbons (Fsp3) is 0.0769. The van der Waals surface area contributed by atoms with Crippen molar-refractivity contribution >= 4 is 41.7 Å². The van der Waals surface area contributed by atoms with E-state index in [-0.39, 0.29) is 50.4 Å². The number of hydrogen-bond acceptors (Lipinski definition) is 1. The van der Waals surface area contributed by atoms with E-state index < -0.39 is 20.0 Å². The standard InChI is InChI=1S/C13H11F2OSi.BrH.Mg/c1-17(16,12-8-4-2-6-10(12)14)13-9-5-3-7-11(13)15;;/h2-9H,1H3;1H;/q-1;;+2/p-1. The Kier molecular flexibility index (Phi) is 7.38. The number of hydrogen-bond donors (Lipinski definition) is 0. The molecule has 0 aliphatic carbocycles. The maximum absolute atomic E-state index is 13.6. The Morgan fingerprint density at radius 1 is 0.842 bits per heavy atom. The molecular weight excluding hydrogens is 342 g/mol. The topological polar surface area (TPSA) is 23.1 Å². The first-order chi connectivity index (χ1) is 8.03. The zero-order valence-electron chi connectivity index (χ0n) is 10.4. The fourth-order valence-corrected chi connectivity index (χ4v) is 4.04. The maximum atomic E-state index is 13.6. The van der Waals surface area contributed by atoms with Crippen LogP contribution >= 0.6 is 0 Å². The molecule has 19 heavy (non-hydrogen) atoms.